The van der Waals surface area contributed by atoms with Gasteiger partial charge in [0.25, 0.3) is 0 Å². The highest BCUT2D eigenvalue weighted by Gasteiger charge is 2.36. The molecule has 2 aromatic heterocycles. The van der Waals surface area contributed by atoms with Crippen LogP contribution in [0.25, 0.3) is 11.4 Å². The van der Waals surface area contributed by atoms with E-state index in [1.807, 2.05) is 12.1 Å². The third-order valence-corrected chi connectivity index (χ3v) is 3.29. The first-order chi connectivity index (χ1) is 8.28. The largest absolute Gasteiger partial charge is 0.337 e. The molecule has 0 aromatic carbocycles. The summed E-state index contributed by atoms with van der Waals surface area (Å²) in [6.45, 7) is 0. The SMILES string of the molecule is NC1(c2nc(-c3ccncc3)no2)CCCC1. The minimum atomic E-state index is -0.418. The highest BCUT2D eigenvalue weighted by atomic mass is 16.5. The number of nitrogens with two attached hydrogens (primary N) is 1. The number of hydrogen-bond acceptors (Lipinski definition) is 5. The van der Waals surface area contributed by atoms with Gasteiger partial charge in [0, 0.05) is 18.0 Å². The van der Waals surface area contributed by atoms with Crippen LogP contribution in [-0.2, 0) is 5.54 Å². The highest BCUT2D eigenvalue weighted by molar-refractivity contribution is 5.52. The van der Waals surface area contributed by atoms with Gasteiger partial charge in [-0.1, -0.05) is 18.0 Å². The summed E-state index contributed by atoms with van der Waals surface area (Å²) >= 11 is 0. The monoisotopic (exact) mass is 230 g/mol. The van der Waals surface area contributed by atoms with Crippen molar-refractivity contribution in [3.05, 3.63) is 30.4 Å². The first kappa shape index (κ1) is 10.4. The molecule has 0 saturated heterocycles. The van der Waals surface area contributed by atoms with Crippen molar-refractivity contribution in [3.8, 4) is 11.4 Å². The summed E-state index contributed by atoms with van der Waals surface area (Å²) in [4.78, 5) is 8.36. The summed E-state index contributed by atoms with van der Waals surface area (Å²) in [5, 5.41) is 3.98. The van der Waals surface area contributed by atoms with Gasteiger partial charge in [0.15, 0.2) is 0 Å². The quantitative estimate of drug-likeness (QED) is 0.851. The molecule has 0 bridgehead atoms. The lowest BCUT2D eigenvalue weighted by Crippen LogP contribution is -2.33. The van der Waals surface area contributed by atoms with Crippen LogP contribution < -0.4 is 5.73 Å². The molecular formula is C12H14N4O. The van der Waals surface area contributed by atoms with Gasteiger partial charge in [-0.3, -0.25) is 4.98 Å². The molecule has 0 spiro atoms. The van der Waals surface area contributed by atoms with Crippen LogP contribution in [0.15, 0.2) is 29.0 Å². The predicted octanol–water partition coefficient (Wildman–Crippen LogP) is 1.86. The van der Waals surface area contributed by atoms with Gasteiger partial charge in [0.05, 0.1) is 5.54 Å². The third kappa shape index (κ3) is 1.82. The third-order valence-electron chi connectivity index (χ3n) is 3.29. The Morgan fingerprint density at radius 1 is 1.18 bits per heavy atom. The van der Waals surface area contributed by atoms with Crippen LogP contribution in [0.2, 0.25) is 0 Å². The Balaban J connectivity index is 1.93. The number of pyridine rings is 1. The average Bonchev–Trinajstić information content (AvgIpc) is 2.99. The van der Waals surface area contributed by atoms with Gasteiger partial charge in [-0.2, -0.15) is 4.98 Å². The van der Waals surface area contributed by atoms with E-state index in [1.165, 1.54) is 0 Å². The molecule has 5 nitrogen and oxygen atoms in total. The van der Waals surface area contributed by atoms with E-state index in [4.69, 9.17) is 10.3 Å². The average molecular weight is 230 g/mol. The molecule has 3 rings (SSSR count). The van der Waals surface area contributed by atoms with Gasteiger partial charge in [-0.25, -0.2) is 0 Å². The molecule has 1 fully saturated rings. The summed E-state index contributed by atoms with van der Waals surface area (Å²) in [5.74, 6) is 1.14. The Hall–Kier alpha value is -1.75. The van der Waals surface area contributed by atoms with Crippen molar-refractivity contribution in [1.29, 1.82) is 0 Å². The fourth-order valence-corrected chi connectivity index (χ4v) is 2.26. The molecule has 1 saturated carbocycles. The van der Waals surface area contributed by atoms with Crippen molar-refractivity contribution < 1.29 is 4.52 Å². The minimum Gasteiger partial charge on any atom is -0.337 e. The van der Waals surface area contributed by atoms with Crippen LogP contribution >= 0.6 is 0 Å². The first-order valence-corrected chi connectivity index (χ1v) is 5.81. The molecule has 0 atom stereocenters. The van der Waals surface area contributed by atoms with Crippen molar-refractivity contribution in [2.45, 2.75) is 31.2 Å². The number of aromatic nitrogens is 3. The zero-order valence-electron chi connectivity index (χ0n) is 9.47. The molecule has 88 valence electrons. The van der Waals surface area contributed by atoms with E-state index in [0.29, 0.717) is 11.7 Å². The fourth-order valence-electron chi connectivity index (χ4n) is 2.26. The Bertz CT molecular complexity index is 502. The summed E-state index contributed by atoms with van der Waals surface area (Å²) in [5.41, 5.74) is 6.74. The highest BCUT2D eigenvalue weighted by Crippen LogP contribution is 2.35. The molecule has 0 unspecified atom stereocenters. The number of hydrogen-bond donors (Lipinski definition) is 1. The van der Waals surface area contributed by atoms with Crippen molar-refractivity contribution in [3.63, 3.8) is 0 Å². The normalized spacial score (nSPS) is 18.4. The van der Waals surface area contributed by atoms with E-state index in [9.17, 15) is 0 Å². The number of rotatable bonds is 2. The molecule has 1 aliphatic carbocycles. The molecule has 17 heavy (non-hydrogen) atoms. The molecule has 0 radical (unpaired) electrons. The van der Waals surface area contributed by atoms with Crippen LogP contribution in [0.1, 0.15) is 31.6 Å². The zero-order chi connectivity index (χ0) is 11.7. The summed E-state index contributed by atoms with van der Waals surface area (Å²) < 4.78 is 5.30. The molecule has 2 aromatic rings. The Morgan fingerprint density at radius 3 is 2.59 bits per heavy atom. The van der Waals surface area contributed by atoms with Crippen LogP contribution in [0, 0.1) is 0 Å². The van der Waals surface area contributed by atoms with Gasteiger partial charge < -0.3 is 10.3 Å². The molecule has 0 amide bonds. The van der Waals surface area contributed by atoms with Crippen LogP contribution in [-0.4, -0.2) is 15.1 Å². The topological polar surface area (TPSA) is 77.8 Å². The Labute approximate surface area is 99.1 Å². The second-order valence-corrected chi connectivity index (χ2v) is 4.52. The molecule has 1 aliphatic rings. The van der Waals surface area contributed by atoms with E-state index in [2.05, 4.69) is 15.1 Å². The minimum absolute atomic E-state index is 0.418. The maximum Gasteiger partial charge on any atom is 0.247 e. The second-order valence-electron chi connectivity index (χ2n) is 4.52. The van der Waals surface area contributed by atoms with Crippen molar-refractivity contribution >= 4 is 0 Å². The standard InChI is InChI=1S/C12H14N4O/c13-12(5-1-2-6-12)11-15-10(16-17-11)9-3-7-14-8-4-9/h3-4,7-8H,1-2,5-6,13H2. The second kappa shape index (κ2) is 3.92. The van der Waals surface area contributed by atoms with Crippen molar-refractivity contribution in [2.24, 2.45) is 5.73 Å². The van der Waals surface area contributed by atoms with Gasteiger partial charge in [-0.05, 0) is 25.0 Å². The van der Waals surface area contributed by atoms with Crippen molar-refractivity contribution in [1.82, 2.24) is 15.1 Å². The van der Waals surface area contributed by atoms with E-state index < -0.39 is 5.54 Å². The van der Waals surface area contributed by atoms with Crippen LogP contribution in [0.3, 0.4) is 0 Å². The smallest absolute Gasteiger partial charge is 0.247 e. The lowest BCUT2D eigenvalue weighted by molar-refractivity contribution is 0.285. The molecule has 2 N–H and O–H groups in total. The number of nitrogens with zero attached hydrogens (tertiary/aromatic N) is 3. The molecular weight excluding hydrogens is 216 g/mol. The first-order valence-electron chi connectivity index (χ1n) is 5.81. The van der Waals surface area contributed by atoms with Gasteiger partial charge in [0.1, 0.15) is 0 Å². The molecule has 5 heteroatoms. The van der Waals surface area contributed by atoms with E-state index in [0.717, 1.165) is 31.2 Å². The predicted molar refractivity (Wildman–Crippen MR) is 61.9 cm³/mol. The Kier molecular flexibility index (Phi) is 2.40. The van der Waals surface area contributed by atoms with E-state index in [1.54, 1.807) is 12.4 Å². The fraction of sp³-hybridized carbons (Fsp3) is 0.417. The summed E-state index contributed by atoms with van der Waals surface area (Å²) in [6, 6.07) is 3.71. The summed E-state index contributed by atoms with van der Waals surface area (Å²) in [6.07, 6.45) is 7.52. The van der Waals surface area contributed by atoms with Gasteiger partial charge in [0.2, 0.25) is 11.7 Å². The molecule has 2 heterocycles. The molecule has 0 aliphatic heterocycles. The lowest BCUT2D eigenvalue weighted by atomic mass is 9.99. The van der Waals surface area contributed by atoms with Crippen molar-refractivity contribution in [2.75, 3.05) is 0 Å². The van der Waals surface area contributed by atoms with E-state index >= 15 is 0 Å². The Morgan fingerprint density at radius 2 is 1.88 bits per heavy atom. The van der Waals surface area contributed by atoms with E-state index in [-0.39, 0.29) is 0 Å². The van der Waals surface area contributed by atoms with Crippen LogP contribution in [0.4, 0.5) is 0 Å². The van der Waals surface area contributed by atoms with Gasteiger partial charge in [-0.15, -0.1) is 0 Å². The summed E-state index contributed by atoms with van der Waals surface area (Å²) in [7, 11) is 0. The van der Waals surface area contributed by atoms with Gasteiger partial charge >= 0.3 is 0 Å². The van der Waals surface area contributed by atoms with Crippen LogP contribution in [0.5, 0.6) is 0 Å². The lowest BCUT2D eigenvalue weighted by Gasteiger charge is -2.17. The maximum atomic E-state index is 6.26. The zero-order valence-corrected chi connectivity index (χ0v) is 9.47. The maximum absolute atomic E-state index is 6.26.